The largest absolute Gasteiger partial charge is 0.478 e. The summed E-state index contributed by atoms with van der Waals surface area (Å²) >= 11 is 0. The Kier molecular flexibility index (Phi) is 7.29. The van der Waals surface area contributed by atoms with Crippen molar-refractivity contribution in [1.29, 1.82) is 0 Å². The Balaban J connectivity index is 2.37. The van der Waals surface area contributed by atoms with Gasteiger partial charge in [-0.25, -0.2) is 9.59 Å². The number of carbonyl (C=O) groups is 2. The zero-order valence-corrected chi connectivity index (χ0v) is 14.2. The van der Waals surface area contributed by atoms with Gasteiger partial charge in [0.2, 0.25) is 0 Å². The van der Waals surface area contributed by atoms with E-state index < -0.39 is 11.9 Å². The second-order valence-corrected chi connectivity index (χ2v) is 6.79. The van der Waals surface area contributed by atoms with Gasteiger partial charge in [0.25, 0.3) is 0 Å². The highest BCUT2D eigenvalue weighted by Crippen LogP contribution is 2.35. The van der Waals surface area contributed by atoms with Crippen LogP contribution in [-0.2, 0) is 9.59 Å². The summed E-state index contributed by atoms with van der Waals surface area (Å²) in [5, 5.41) is 19.6. The minimum absolute atomic E-state index is 0.153. The molecule has 24 heavy (non-hydrogen) atoms. The lowest BCUT2D eigenvalue weighted by Crippen LogP contribution is -2.24. The van der Waals surface area contributed by atoms with Gasteiger partial charge in [-0.3, -0.25) is 0 Å². The molecule has 4 heteroatoms. The highest BCUT2D eigenvalue weighted by atomic mass is 16.4. The van der Waals surface area contributed by atoms with Crippen molar-refractivity contribution in [2.45, 2.75) is 64.2 Å². The van der Waals surface area contributed by atoms with Gasteiger partial charge in [-0.05, 0) is 76.0 Å². The molecule has 0 fully saturated rings. The van der Waals surface area contributed by atoms with Crippen LogP contribution < -0.4 is 0 Å². The number of hydrogen-bond donors (Lipinski definition) is 2. The molecular weight excluding hydrogens is 304 g/mol. The predicted octanol–water partition coefficient (Wildman–Crippen LogP) is 4.73. The first kappa shape index (κ1) is 18.5. The van der Waals surface area contributed by atoms with Gasteiger partial charge in [0.15, 0.2) is 0 Å². The Hall–Kier alpha value is -1.84. The standard InChI is InChI=1S/C20H28O4/c21-19(22)17(15-11-7-3-1-4-8-12-15)18(20(23)24)16-13-9-5-2-6-10-14-16/h1-3,5,15-16H,4,6-14H2,(H,21,22)(H,23,24)/b3-1-,5-2-,18-17-. The maximum Gasteiger partial charge on any atom is 0.332 e. The van der Waals surface area contributed by atoms with Crippen molar-refractivity contribution in [2.24, 2.45) is 11.8 Å². The van der Waals surface area contributed by atoms with Crippen molar-refractivity contribution in [3.63, 3.8) is 0 Å². The molecule has 0 radical (unpaired) electrons. The lowest BCUT2D eigenvalue weighted by atomic mass is 9.78. The molecule has 0 saturated heterocycles. The molecule has 0 spiro atoms. The summed E-state index contributed by atoms with van der Waals surface area (Å²) in [6, 6.07) is 0. The summed E-state index contributed by atoms with van der Waals surface area (Å²) in [6.07, 6.45) is 16.8. The van der Waals surface area contributed by atoms with Crippen LogP contribution in [-0.4, -0.2) is 22.2 Å². The molecule has 2 N–H and O–H groups in total. The average Bonchev–Trinajstić information content (AvgIpc) is 2.45. The third-order valence-corrected chi connectivity index (χ3v) is 5.11. The van der Waals surface area contributed by atoms with Gasteiger partial charge in [-0.2, -0.15) is 0 Å². The van der Waals surface area contributed by atoms with E-state index in [0.717, 1.165) is 64.2 Å². The lowest BCUT2D eigenvalue weighted by Gasteiger charge is -2.25. The van der Waals surface area contributed by atoms with Gasteiger partial charge in [-0.1, -0.05) is 24.3 Å². The third kappa shape index (κ3) is 5.08. The summed E-state index contributed by atoms with van der Waals surface area (Å²) in [5.74, 6) is -2.39. The molecule has 2 unspecified atom stereocenters. The fourth-order valence-corrected chi connectivity index (χ4v) is 3.92. The number of hydrogen-bond acceptors (Lipinski definition) is 2. The zero-order chi connectivity index (χ0) is 17.4. The molecule has 2 aliphatic rings. The smallest absolute Gasteiger partial charge is 0.332 e. The summed E-state index contributed by atoms with van der Waals surface area (Å²) < 4.78 is 0. The fourth-order valence-electron chi connectivity index (χ4n) is 3.92. The van der Waals surface area contributed by atoms with E-state index in [9.17, 15) is 19.8 Å². The Labute approximate surface area is 144 Å². The molecule has 0 saturated carbocycles. The van der Waals surface area contributed by atoms with Crippen molar-refractivity contribution < 1.29 is 19.8 Å². The Morgan fingerprint density at radius 2 is 1.00 bits per heavy atom. The quantitative estimate of drug-likeness (QED) is 0.577. The maximum atomic E-state index is 12.0. The van der Waals surface area contributed by atoms with Gasteiger partial charge < -0.3 is 10.2 Å². The van der Waals surface area contributed by atoms with Crippen molar-refractivity contribution in [3.05, 3.63) is 35.5 Å². The second kappa shape index (κ2) is 9.45. The van der Waals surface area contributed by atoms with E-state index in [1.165, 1.54) is 0 Å². The monoisotopic (exact) mass is 332 g/mol. The van der Waals surface area contributed by atoms with Gasteiger partial charge >= 0.3 is 11.9 Å². The topological polar surface area (TPSA) is 74.6 Å². The van der Waals surface area contributed by atoms with Gasteiger partial charge in [-0.15, -0.1) is 0 Å². The molecule has 0 aromatic rings. The third-order valence-electron chi connectivity index (χ3n) is 5.11. The zero-order valence-electron chi connectivity index (χ0n) is 14.2. The van der Waals surface area contributed by atoms with E-state index in [2.05, 4.69) is 24.3 Å². The summed E-state index contributed by atoms with van der Waals surface area (Å²) in [6.45, 7) is 0. The van der Waals surface area contributed by atoms with E-state index >= 15 is 0 Å². The molecule has 2 rings (SSSR count). The second-order valence-electron chi connectivity index (χ2n) is 6.79. The van der Waals surface area contributed by atoms with Gasteiger partial charge in [0.05, 0.1) is 11.1 Å². The van der Waals surface area contributed by atoms with Crippen LogP contribution in [0.4, 0.5) is 0 Å². The number of carboxylic acids is 2. The molecule has 0 aromatic carbocycles. The summed E-state index contributed by atoms with van der Waals surface area (Å²) in [4.78, 5) is 24.0. The van der Waals surface area contributed by atoms with E-state index in [4.69, 9.17) is 0 Å². The number of aliphatic carboxylic acids is 2. The van der Waals surface area contributed by atoms with Gasteiger partial charge in [0, 0.05) is 0 Å². The molecule has 0 aliphatic heterocycles. The lowest BCUT2D eigenvalue weighted by molar-refractivity contribution is -0.137. The molecular formula is C20H28O4. The van der Waals surface area contributed by atoms with Crippen LogP contribution >= 0.6 is 0 Å². The first-order valence-corrected chi connectivity index (χ1v) is 9.12. The summed E-state index contributed by atoms with van der Waals surface area (Å²) in [5.41, 5.74) is 0.347. The highest BCUT2D eigenvalue weighted by Gasteiger charge is 2.32. The van der Waals surface area contributed by atoms with Crippen LogP contribution in [0.2, 0.25) is 0 Å². The predicted molar refractivity (Wildman–Crippen MR) is 93.7 cm³/mol. The molecule has 2 atom stereocenters. The van der Waals surface area contributed by atoms with Crippen LogP contribution in [0, 0.1) is 11.8 Å². The molecule has 0 bridgehead atoms. The van der Waals surface area contributed by atoms with Crippen molar-refractivity contribution in [2.75, 3.05) is 0 Å². The molecule has 2 aliphatic carbocycles. The van der Waals surface area contributed by atoms with Crippen LogP contribution in [0.5, 0.6) is 0 Å². The fraction of sp³-hybridized carbons (Fsp3) is 0.600. The van der Waals surface area contributed by atoms with E-state index in [1.807, 2.05) is 0 Å². The minimum atomic E-state index is -1.04. The minimum Gasteiger partial charge on any atom is -0.478 e. The van der Waals surface area contributed by atoms with E-state index in [0.29, 0.717) is 0 Å². The van der Waals surface area contributed by atoms with E-state index in [1.54, 1.807) is 0 Å². The number of carboxylic acid groups (broad SMARTS) is 2. The number of rotatable bonds is 4. The number of allylic oxidation sites excluding steroid dienone is 4. The molecule has 0 aromatic heterocycles. The normalized spacial score (nSPS) is 29.2. The first-order valence-electron chi connectivity index (χ1n) is 9.12. The van der Waals surface area contributed by atoms with Crippen LogP contribution in [0.25, 0.3) is 0 Å². The average molecular weight is 332 g/mol. The SMILES string of the molecule is O=C(O)/C(=C(\C(=O)O)C1CC/C=C\CCC1)C1CC/C=C\CCC1. The molecule has 0 heterocycles. The Morgan fingerprint density at radius 3 is 1.38 bits per heavy atom. The first-order chi connectivity index (χ1) is 11.6. The highest BCUT2D eigenvalue weighted by molar-refractivity contribution is 5.99. The van der Waals surface area contributed by atoms with Crippen molar-refractivity contribution >= 4 is 11.9 Å². The molecule has 0 amide bonds. The molecule has 4 nitrogen and oxygen atoms in total. The Bertz CT molecular complexity index is 494. The van der Waals surface area contributed by atoms with Crippen LogP contribution in [0.1, 0.15) is 64.2 Å². The van der Waals surface area contributed by atoms with Crippen LogP contribution in [0.3, 0.4) is 0 Å². The van der Waals surface area contributed by atoms with Gasteiger partial charge in [0.1, 0.15) is 0 Å². The van der Waals surface area contributed by atoms with Crippen LogP contribution in [0.15, 0.2) is 35.5 Å². The van der Waals surface area contributed by atoms with Crippen molar-refractivity contribution in [1.82, 2.24) is 0 Å². The van der Waals surface area contributed by atoms with Crippen molar-refractivity contribution in [3.8, 4) is 0 Å². The van der Waals surface area contributed by atoms with E-state index in [-0.39, 0.29) is 23.0 Å². The maximum absolute atomic E-state index is 12.0. The Morgan fingerprint density at radius 1 is 0.625 bits per heavy atom. The molecule has 132 valence electrons. The summed E-state index contributed by atoms with van der Waals surface area (Å²) in [7, 11) is 0.